The first-order valence-corrected chi connectivity index (χ1v) is 7.42. The monoisotopic (exact) mass is 317 g/mol. The maximum atomic E-state index is 10.8. The number of hydrogen-bond donors (Lipinski definition) is 3. The van der Waals surface area contributed by atoms with Crippen molar-refractivity contribution in [2.75, 3.05) is 10.6 Å². The van der Waals surface area contributed by atoms with Crippen molar-refractivity contribution in [3.05, 3.63) is 46.9 Å². The molecule has 0 unspecified atom stereocenters. The SMILES string of the molecule is NC(=O)Nc1ccc(CNc2cc(Cl)nc(C3CC3)n2)cc1. The predicted octanol–water partition coefficient (Wildman–Crippen LogP) is 3.11. The van der Waals surface area contributed by atoms with Gasteiger partial charge in [0.25, 0.3) is 0 Å². The summed E-state index contributed by atoms with van der Waals surface area (Å²) in [5.74, 6) is 2.00. The molecule has 1 aromatic carbocycles. The minimum atomic E-state index is -0.575. The molecule has 7 heteroatoms. The van der Waals surface area contributed by atoms with E-state index < -0.39 is 6.03 Å². The summed E-state index contributed by atoms with van der Waals surface area (Å²) in [6, 6.07) is 8.55. The van der Waals surface area contributed by atoms with Crippen LogP contribution in [-0.4, -0.2) is 16.0 Å². The molecule has 0 atom stereocenters. The van der Waals surface area contributed by atoms with Crippen LogP contribution in [-0.2, 0) is 6.54 Å². The first-order valence-electron chi connectivity index (χ1n) is 7.04. The van der Waals surface area contributed by atoms with E-state index in [1.807, 2.05) is 12.1 Å². The molecule has 0 spiro atoms. The van der Waals surface area contributed by atoms with Crippen LogP contribution < -0.4 is 16.4 Å². The van der Waals surface area contributed by atoms with E-state index in [1.165, 1.54) is 0 Å². The van der Waals surface area contributed by atoms with Gasteiger partial charge in [-0.3, -0.25) is 0 Å². The van der Waals surface area contributed by atoms with Crippen molar-refractivity contribution in [1.82, 2.24) is 9.97 Å². The summed E-state index contributed by atoms with van der Waals surface area (Å²) in [5.41, 5.74) is 6.78. The summed E-state index contributed by atoms with van der Waals surface area (Å²) in [6.07, 6.45) is 2.27. The molecule has 0 aliphatic heterocycles. The number of benzene rings is 1. The molecular formula is C15H16ClN5O. The minimum absolute atomic E-state index is 0.457. The number of urea groups is 1. The minimum Gasteiger partial charge on any atom is -0.366 e. The number of amides is 2. The number of rotatable bonds is 5. The first-order chi connectivity index (χ1) is 10.6. The average Bonchev–Trinajstić information content (AvgIpc) is 3.30. The fourth-order valence-electron chi connectivity index (χ4n) is 2.09. The van der Waals surface area contributed by atoms with Crippen LogP contribution in [0.25, 0.3) is 0 Å². The lowest BCUT2D eigenvalue weighted by molar-refractivity contribution is 0.259. The standard InChI is InChI=1S/C15H16ClN5O/c16-12-7-13(21-14(20-12)10-3-4-10)18-8-9-1-5-11(6-2-9)19-15(17)22/h1-2,5-7,10H,3-4,8H2,(H3,17,19,22)(H,18,20,21). The summed E-state index contributed by atoms with van der Waals surface area (Å²) in [7, 11) is 0. The van der Waals surface area contributed by atoms with Gasteiger partial charge in [0.05, 0.1) is 0 Å². The van der Waals surface area contributed by atoms with Crippen LogP contribution >= 0.6 is 11.6 Å². The third-order valence-electron chi connectivity index (χ3n) is 3.35. The van der Waals surface area contributed by atoms with Crippen molar-refractivity contribution in [2.24, 2.45) is 5.73 Å². The Morgan fingerprint density at radius 1 is 1.27 bits per heavy atom. The van der Waals surface area contributed by atoms with Gasteiger partial charge in [-0.15, -0.1) is 0 Å². The maximum Gasteiger partial charge on any atom is 0.316 e. The van der Waals surface area contributed by atoms with Crippen LogP contribution in [0, 0.1) is 0 Å². The van der Waals surface area contributed by atoms with E-state index in [1.54, 1.807) is 18.2 Å². The molecule has 0 radical (unpaired) electrons. The van der Waals surface area contributed by atoms with Crippen LogP contribution in [0.3, 0.4) is 0 Å². The summed E-state index contributed by atoms with van der Waals surface area (Å²) in [4.78, 5) is 19.5. The highest BCUT2D eigenvalue weighted by atomic mass is 35.5. The van der Waals surface area contributed by atoms with Crippen molar-refractivity contribution >= 4 is 29.1 Å². The highest BCUT2D eigenvalue weighted by Gasteiger charge is 2.27. The van der Waals surface area contributed by atoms with Crippen LogP contribution in [0.15, 0.2) is 30.3 Å². The van der Waals surface area contributed by atoms with Crippen LogP contribution in [0.2, 0.25) is 5.15 Å². The molecule has 0 bridgehead atoms. The lowest BCUT2D eigenvalue weighted by atomic mass is 10.2. The summed E-state index contributed by atoms with van der Waals surface area (Å²) < 4.78 is 0. The molecule has 1 aromatic heterocycles. The Bertz CT molecular complexity index is 685. The largest absolute Gasteiger partial charge is 0.366 e. The highest BCUT2D eigenvalue weighted by molar-refractivity contribution is 6.29. The zero-order valence-corrected chi connectivity index (χ0v) is 12.6. The molecule has 1 aliphatic rings. The maximum absolute atomic E-state index is 10.8. The number of halogens is 1. The highest BCUT2D eigenvalue weighted by Crippen LogP contribution is 2.38. The number of anilines is 2. The molecular weight excluding hydrogens is 302 g/mol. The Balaban J connectivity index is 1.63. The number of nitrogens with two attached hydrogens (primary N) is 1. The van der Waals surface area contributed by atoms with Gasteiger partial charge in [0.1, 0.15) is 16.8 Å². The van der Waals surface area contributed by atoms with Gasteiger partial charge in [-0.1, -0.05) is 23.7 Å². The molecule has 3 rings (SSSR count). The molecule has 2 amide bonds. The van der Waals surface area contributed by atoms with E-state index in [4.69, 9.17) is 17.3 Å². The van der Waals surface area contributed by atoms with Gasteiger partial charge < -0.3 is 16.4 Å². The third kappa shape index (κ3) is 3.85. The molecule has 1 aliphatic carbocycles. The number of aromatic nitrogens is 2. The number of carbonyl (C=O) groups excluding carboxylic acids is 1. The smallest absolute Gasteiger partial charge is 0.316 e. The van der Waals surface area contributed by atoms with Gasteiger partial charge >= 0.3 is 6.03 Å². The van der Waals surface area contributed by atoms with E-state index >= 15 is 0 Å². The van der Waals surface area contributed by atoms with E-state index in [0.717, 1.165) is 30.0 Å². The number of nitrogens with one attached hydrogen (secondary N) is 2. The third-order valence-corrected chi connectivity index (χ3v) is 3.54. The Morgan fingerprint density at radius 3 is 2.64 bits per heavy atom. The number of carbonyl (C=O) groups is 1. The number of hydrogen-bond acceptors (Lipinski definition) is 4. The Labute approximate surface area is 133 Å². The van der Waals surface area contributed by atoms with Gasteiger partial charge in [-0.25, -0.2) is 14.8 Å². The Kier molecular flexibility index (Phi) is 4.11. The quantitative estimate of drug-likeness (QED) is 0.739. The van der Waals surface area contributed by atoms with Gasteiger partial charge in [-0.2, -0.15) is 0 Å². The topological polar surface area (TPSA) is 92.9 Å². The Morgan fingerprint density at radius 2 is 2.00 bits per heavy atom. The van der Waals surface area contributed by atoms with Gasteiger partial charge in [-0.05, 0) is 30.5 Å². The summed E-state index contributed by atoms with van der Waals surface area (Å²) >= 11 is 6.03. The zero-order chi connectivity index (χ0) is 15.5. The first kappa shape index (κ1) is 14.6. The van der Waals surface area contributed by atoms with E-state index in [-0.39, 0.29) is 0 Å². The normalized spacial score (nSPS) is 13.7. The van der Waals surface area contributed by atoms with E-state index in [2.05, 4.69) is 20.6 Å². The fourth-order valence-corrected chi connectivity index (χ4v) is 2.28. The second kappa shape index (κ2) is 6.19. The van der Waals surface area contributed by atoms with Crippen molar-refractivity contribution in [3.8, 4) is 0 Å². The lowest BCUT2D eigenvalue weighted by Crippen LogP contribution is -2.19. The van der Waals surface area contributed by atoms with Crippen LogP contribution in [0.5, 0.6) is 0 Å². The van der Waals surface area contributed by atoms with E-state index in [0.29, 0.717) is 23.3 Å². The number of nitrogens with zero attached hydrogens (tertiary/aromatic N) is 2. The molecule has 22 heavy (non-hydrogen) atoms. The Hall–Kier alpha value is -2.34. The van der Waals surface area contributed by atoms with E-state index in [9.17, 15) is 4.79 Å². The zero-order valence-electron chi connectivity index (χ0n) is 11.8. The van der Waals surface area contributed by atoms with Gasteiger partial charge in [0.15, 0.2) is 0 Å². The second-order valence-corrected chi connectivity index (χ2v) is 5.64. The fraction of sp³-hybridized carbons (Fsp3) is 0.267. The van der Waals surface area contributed by atoms with Crippen molar-refractivity contribution < 1.29 is 4.79 Å². The average molecular weight is 318 g/mol. The molecule has 114 valence electrons. The lowest BCUT2D eigenvalue weighted by Gasteiger charge is -2.08. The molecule has 1 saturated carbocycles. The van der Waals surface area contributed by atoms with Crippen molar-refractivity contribution in [1.29, 1.82) is 0 Å². The molecule has 2 aromatic rings. The molecule has 1 fully saturated rings. The van der Waals surface area contributed by atoms with Gasteiger partial charge in [0.2, 0.25) is 0 Å². The van der Waals surface area contributed by atoms with Crippen LogP contribution in [0.4, 0.5) is 16.3 Å². The molecule has 6 nitrogen and oxygen atoms in total. The number of primary amides is 1. The summed E-state index contributed by atoms with van der Waals surface area (Å²) in [5, 5.41) is 6.22. The summed E-state index contributed by atoms with van der Waals surface area (Å²) in [6.45, 7) is 0.605. The predicted molar refractivity (Wildman–Crippen MR) is 86.0 cm³/mol. The van der Waals surface area contributed by atoms with Crippen molar-refractivity contribution in [2.45, 2.75) is 25.3 Å². The molecule has 4 N–H and O–H groups in total. The molecule has 1 heterocycles. The van der Waals surface area contributed by atoms with Gasteiger partial charge in [0, 0.05) is 24.2 Å². The second-order valence-electron chi connectivity index (χ2n) is 5.25. The molecule has 0 saturated heterocycles. The van der Waals surface area contributed by atoms with Crippen molar-refractivity contribution in [3.63, 3.8) is 0 Å². The van der Waals surface area contributed by atoms with Crippen LogP contribution in [0.1, 0.15) is 30.1 Å².